The Labute approximate surface area is 207 Å². The lowest BCUT2D eigenvalue weighted by Gasteiger charge is -2.36. The maximum Gasteiger partial charge on any atom is 0.181 e. The minimum absolute atomic E-state index is 0.405. The van der Waals surface area contributed by atoms with Crippen molar-refractivity contribution in [3.05, 3.63) is 65.7 Å². The molecule has 36 heavy (non-hydrogen) atoms. The second-order valence-corrected chi connectivity index (χ2v) is 9.55. The highest BCUT2D eigenvalue weighted by molar-refractivity contribution is 5.83. The largest absolute Gasteiger partial charge is 0.352 e. The van der Waals surface area contributed by atoms with Crippen LogP contribution in [0.4, 0.5) is 19.0 Å². The number of hydrogen-bond acceptors (Lipinski definition) is 6. The van der Waals surface area contributed by atoms with Crippen molar-refractivity contribution in [1.29, 1.82) is 0 Å². The molecule has 3 aromatic heterocycles. The van der Waals surface area contributed by atoms with E-state index in [2.05, 4.69) is 33.7 Å². The normalized spacial score (nSPS) is 14.8. The van der Waals surface area contributed by atoms with E-state index in [1.54, 1.807) is 18.6 Å². The summed E-state index contributed by atoms with van der Waals surface area (Å²) in [6.45, 7) is 6.59. The monoisotopic (exact) mass is 495 g/mol. The second-order valence-electron chi connectivity index (χ2n) is 9.55. The number of pyridine rings is 1. The van der Waals surface area contributed by atoms with Gasteiger partial charge in [0.1, 0.15) is 22.8 Å². The molecule has 1 saturated heterocycles. The van der Waals surface area contributed by atoms with Crippen molar-refractivity contribution in [2.45, 2.75) is 33.6 Å². The molecule has 5 rings (SSSR count). The minimum Gasteiger partial charge on any atom is -0.352 e. The smallest absolute Gasteiger partial charge is 0.181 e. The molecule has 4 heterocycles. The molecule has 1 aliphatic heterocycles. The first kappa shape index (κ1) is 24.2. The molecule has 1 fully saturated rings. The minimum atomic E-state index is -0.725. The van der Waals surface area contributed by atoms with E-state index < -0.39 is 18.4 Å². The summed E-state index contributed by atoms with van der Waals surface area (Å²) in [4.78, 5) is 18.7. The number of anilines is 1. The lowest BCUT2D eigenvalue weighted by molar-refractivity contribution is 0.246. The van der Waals surface area contributed by atoms with E-state index in [1.807, 2.05) is 6.07 Å². The van der Waals surface area contributed by atoms with E-state index in [0.717, 1.165) is 23.7 Å². The highest BCUT2D eigenvalue weighted by Crippen LogP contribution is 2.31. The summed E-state index contributed by atoms with van der Waals surface area (Å²) < 4.78 is 41.8. The summed E-state index contributed by atoms with van der Waals surface area (Å²) in [6, 6.07) is 5.65. The highest BCUT2D eigenvalue weighted by Gasteiger charge is 2.24. The SMILES string of the molecule is CC(C)Cc1cc2nc(-c3cnn(CF)c3)c(N3CCN(Cc4ccc(F)cc4F)CC3)nc2cn1. The summed E-state index contributed by atoms with van der Waals surface area (Å²) in [6.07, 6.45) is 5.82. The van der Waals surface area contributed by atoms with Crippen molar-refractivity contribution in [3.63, 3.8) is 0 Å². The summed E-state index contributed by atoms with van der Waals surface area (Å²) >= 11 is 0. The molecule has 1 aromatic carbocycles. The average molecular weight is 496 g/mol. The number of hydrogen-bond donors (Lipinski definition) is 0. The van der Waals surface area contributed by atoms with Crippen molar-refractivity contribution in [3.8, 4) is 11.3 Å². The van der Waals surface area contributed by atoms with Crippen LogP contribution >= 0.6 is 0 Å². The van der Waals surface area contributed by atoms with E-state index in [0.29, 0.717) is 66.8 Å². The number of aromatic nitrogens is 5. The van der Waals surface area contributed by atoms with Gasteiger partial charge < -0.3 is 4.90 Å². The van der Waals surface area contributed by atoms with E-state index >= 15 is 0 Å². The van der Waals surface area contributed by atoms with Crippen LogP contribution < -0.4 is 4.90 Å². The molecule has 0 unspecified atom stereocenters. The molecule has 10 heteroatoms. The molecule has 0 aliphatic carbocycles. The van der Waals surface area contributed by atoms with Gasteiger partial charge in [0.25, 0.3) is 0 Å². The fourth-order valence-electron chi connectivity index (χ4n) is 4.50. The first-order valence-electron chi connectivity index (χ1n) is 12.1. The zero-order chi connectivity index (χ0) is 25.2. The molecule has 0 amide bonds. The molecule has 188 valence electrons. The lowest BCUT2D eigenvalue weighted by atomic mass is 10.1. The molecule has 7 nitrogen and oxygen atoms in total. The third-order valence-electron chi connectivity index (χ3n) is 6.32. The number of fused-ring (bicyclic) bond motifs is 1. The lowest BCUT2D eigenvalue weighted by Crippen LogP contribution is -2.46. The number of halogens is 3. The van der Waals surface area contributed by atoms with Crippen molar-refractivity contribution in [2.24, 2.45) is 5.92 Å². The van der Waals surface area contributed by atoms with Crippen molar-refractivity contribution in [2.75, 3.05) is 31.1 Å². The zero-order valence-corrected chi connectivity index (χ0v) is 20.3. The van der Waals surface area contributed by atoms with Crippen LogP contribution in [0.5, 0.6) is 0 Å². The predicted octanol–water partition coefficient (Wildman–Crippen LogP) is 4.61. The molecule has 0 bridgehead atoms. The summed E-state index contributed by atoms with van der Waals surface area (Å²) in [5.41, 5.74) is 4.18. The summed E-state index contributed by atoms with van der Waals surface area (Å²) in [5, 5.41) is 4.08. The molecule has 4 aromatic rings. The number of rotatable bonds is 7. The van der Waals surface area contributed by atoms with Crippen molar-refractivity contribution < 1.29 is 13.2 Å². The summed E-state index contributed by atoms with van der Waals surface area (Å²) in [5.74, 6) is 0.0377. The van der Waals surface area contributed by atoms with Gasteiger partial charge in [-0.05, 0) is 24.5 Å². The van der Waals surface area contributed by atoms with Gasteiger partial charge in [0.2, 0.25) is 0 Å². The van der Waals surface area contributed by atoms with Gasteiger partial charge in [0.05, 0.1) is 17.9 Å². The standard InChI is InChI=1S/C26H28F3N7/c1-17(2)9-21-11-23-24(13-30-21)33-26(25(32-23)19-12-31-36(15-19)16-27)35-7-5-34(6-8-35)14-18-3-4-20(28)10-22(18)29/h3-4,10-13,15,17H,5-9,14,16H2,1-2H3. The third-order valence-corrected chi connectivity index (χ3v) is 6.32. The Balaban J connectivity index is 1.42. The molecule has 0 saturated carbocycles. The average Bonchev–Trinajstić information content (AvgIpc) is 3.34. The zero-order valence-electron chi connectivity index (χ0n) is 20.3. The Kier molecular flexibility index (Phi) is 6.86. The van der Waals surface area contributed by atoms with Crippen LogP contribution in [0.1, 0.15) is 25.1 Å². The molecule has 0 spiro atoms. The van der Waals surface area contributed by atoms with Gasteiger partial charge in [-0.25, -0.2) is 27.8 Å². The molecular weight excluding hydrogens is 467 g/mol. The molecule has 0 N–H and O–H groups in total. The van der Waals surface area contributed by atoms with E-state index in [4.69, 9.17) is 9.97 Å². The van der Waals surface area contributed by atoms with E-state index in [9.17, 15) is 13.2 Å². The van der Waals surface area contributed by atoms with Gasteiger partial charge in [-0.2, -0.15) is 5.10 Å². The second kappa shape index (κ2) is 10.2. The Bertz CT molecular complexity index is 1360. The van der Waals surface area contributed by atoms with Crippen LogP contribution in [-0.4, -0.2) is 55.8 Å². The number of piperazine rings is 1. The molecule has 0 radical (unpaired) electrons. The van der Waals surface area contributed by atoms with Crippen LogP contribution in [0, 0.1) is 17.6 Å². The number of benzene rings is 1. The quantitative estimate of drug-likeness (QED) is 0.373. The first-order chi connectivity index (χ1) is 17.4. The van der Waals surface area contributed by atoms with Crippen LogP contribution in [0.3, 0.4) is 0 Å². The van der Waals surface area contributed by atoms with Crippen LogP contribution in [-0.2, 0) is 19.8 Å². The first-order valence-corrected chi connectivity index (χ1v) is 12.1. The molecule has 1 aliphatic rings. The van der Waals surface area contributed by atoms with Crippen LogP contribution in [0.2, 0.25) is 0 Å². The van der Waals surface area contributed by atoms with Crippen LogP contribution in [0.25, 0.3) is 22.3 Å². The van der Waals surface area contributed by atoms with Crippen LogP contribution in [0.15, 0.2) is 42.9 Å². The van der Waals surface area contributed by atoms with Gasteiger partial charge in [0, 0.05) is 61.8 Å². The maximum atomic E-state index is 14.1. The number of alkyl halides is 1. The fraction of sp³-hybridized carbons (Fsp3) is 0.385. The third kappa shape index (κ3) is 5.18. The number of nitrogens with zero attached hydrogens (tertiary/aromatic N) is 7. The van der Waals surface area contributed by atoms with Crippen molar-refractivity contribution in [1.82, 2.24) is 29.6 Å². The molecular formula is C26H28F3N7. The van der Waals surface area contributed by atoms with Gasteiger partial charge in [-0.15, -0.1) is 0 Å². The Morgan fingerprint density at radius 3 is 2.47 bits per heavy atom. The van der Waals surface area contributed by atoms with Gasteiger partial charge in [-0.3, -0.25) is 9.88 Å². The van der Waals surface area contributed by atoms with Gasteiger partial charge in [-0.1, -0.05) is 19.9 Å². The topological polar surface area (TPSA) is 63.0 Å². The van der Waals surface area contributed by atoms with E-state index in [1.165, 1.54) is 16.8 Å². The highest BCUT2D eigenvalue weighted by atomic mass is 19.1. The predicted molar refractivity (Wildman–Crippen MR) is 132 cm³/mol. The Morgan fingerprint density at radius 1 is 0.972 bits per heavy atom. The van der Waals surface area contributed by atoms with Gasteiger partial charge in [0.15, 0.2) is 12.6 Å². The fourth-order valence-corrected chi connectivity index (χ4v) is 4.50. The van der Waals surface area contributed by atoms with Gasteiger partial charge >= 0.3 is 0 Å². The maximum absolute atomic E-state index is 14.1. The van der Waals surface area contributed by atoms with E-state index in [-0.39, 0.29) is 0 Å². The Hall–Kier alpha value is -3.53. The summed E-state index contributed by atoms with van der Waals surface area (Å²) in [7, 11) is 0. The molecule has 0 atom stereocenters. The Morgan fingerprint density at radius 2 is 1.78 bits per heavy atom. The van der Waals surface area contributed by atoms with Crippen molar-refractivity contribution >= 4 is 16.9 Å².